The fourth-order valence-electron chi connectivity index (χ4n) is 1.92. The van der Waals surface area contributed by atoms with Gasteiger partial charge in [0.05, 0.1) is 0 Å². The monoisotopic (exact) mass is 228 g/mol. The molecule has 17 heavy (non-hydrogen) atoms. The molecule has 0 saturated carbocycles. The van der Waals surface area contributed by atoms with Gasteiger partial charge in [-0.3, -0.25) is 4.79 Å². The zero-order valence-corrected chi connectivity index (χ0v) is 10.1. The third-order valence-electron chi connectivity index (χ3n) is 2.84. The summed E-state index contributed by atoms with van der Waals surface area (Å²) >= 11 is 0. The molecular formula is C14H16N2O. The van der Waals surface area contributed by atoms with E-state index in [1.165, 1.54) is 0 Å². The molecule has 3 heteroatoms. The Balaban J connectivity index is 2.56. The van der Waals surface area contributed by atoms with Crippen molar-refractivity contribution in [1.82, 2.24) is 4.90 Å². The molecule has 0 aliphatic rings. The van der Waals surface area contributed by atoms with Gasteiger partial charge in [-0.1, -0.05) is 24.3 Å². The zero-order chi connectivity index (χ0) is 12.4. The number of fused-ring (bicyclic) bond motifs is 1. The number of hydrogen-bond acceptors (Lipinski definition) is 2. The Morgan fingerprint density at radius 2 is 2.00 bits per heavy atom. The quantitative estimate of drug-likeness (QED) is 0.854. The second-order valence-electron chi connectivity index (χ2n) is 4.26. The van der Waals surface area contributed by atoms with Gasteiger partial charge in [0.2, 0.25) is 0 Å². The first kappa shape index (κ1) is 11.6. The molecule has 88 valence electrons. The topological polar surface area (TPSA) is 46.3 Å². The summed E-state index contributed by atoms with van der Waals surface area (Å²) < 4.78 is 0. The lowest BCUT2D eigenvalue weighted by Gasteiger charge is -2.11. The first-order valence-corrected chi connectivity index (χ1v) is 5.57. The van der Waals surface area contributed by atoms with Crippen molar-refractivity contribution < 1.29 is 4.79 Å². The van der Waals surface area contributed by atoms with Crippen molar-refractivity contribution in [3.8, 4) is 0 Å². The van der Waals surface area contributed by atoms with Crippen molar-refractivity contribution >= 4 is 16.7 Å². The predicted octanol–water partition coefficient (Wildman–Crippen LogP) is 2.00. The second-order valence-corrected chi connectivity index (χ2v) is 4.26. The normalized spacial score (nSPS) is 10.5. The minimum atomic E-state index is 0.0186. The van der Waals surface area contributed by atoms with Crippen LogP contribution in [-0.2, 0) is 6.54 Å². The number of carbonyl (C=O) groups excluding carboxylic acids is 1. The smallest absolute Gasteiger partial charge is 0.253 e. The summed E-state index contributed by atoms with van der Waals surface area (Å²) in [6.45, 7) is 0.512. The molecule has 0 spiro atoms. The van der Waals surface area contributed by atoms with Crippen LogP contribution in [0.4, 0.5) is 0 Å². The van der Waals surface area contributed by atoms with Gasteiger partial charge in [-0.05, 0) is 28.5 Å². The van der Waals surface area contributed by atoms with Gasteiger partial charge in [0, 0.05) is 26.2 Å². The molecule has 0 bridgehead atoms. The number of carbonyl (C=O) groups is 1. The van der Waals surface area contributed by atoms with Crippen LogP contribution in [0.3, 0.4) is 0 Å². The highest BCUT2D eigenvalue weighted by Gasteiger charge is 2.08. The van der Waals surface area contributed by atoms with E-state index in [2.05, 4.69) is 0 Å². The number of rotatable bonds is 2. The van der Waals surface area contributed by atoms with E-state index >= 15 is 0 Å². The van der Waals surface area contributed by atoms with Crippen molar-refractivity contribution in [3.63, 3.8) is 0 Å². The van der Waals surface area contributed by atoms with E-state index < -0.39 is 0 Å². The first-order chi connectivity index (χ1) is 8.13. The fraction of sp³-hybridized carbons (Fsp3) is 0.214. The van der Waals surface area contributed by atoms with Crippen LogP contribution in [-0.4, -0.2) is 24.9 Å². The summed E-state index contributed by atoms with van der Waals surface area (Å²) in [7, 11) is 3.51. The summed E-state index contributed by atoms with van der Waals surface area (Å²) in [6, 6.07) is 11.7. The van der Waals surface area contributed by atoms with Crippen molar-refractivity contribution in [1.29, 1.82) is 0 Å². The number of nitrogens with two attached hydrogens (primary N) is 1. The number of nitrogens with zero attached hydrogens (tertiary/aromatic N) is 1. The Morgan fingerprint density at radius 3 is 2.65 bits per heavy atom. The van der Waals surface area contributed by atoms with E-state index in [1.54, 1.807) is 19.0 Å². The summed E-state index contributed by atoms with van der Waals surface area (Å²) in [5, 5.41) is 2.17. The van der Waals surface area contributed by atoms with Gasteiger partial charge in [0.1, 0.15) is 0 Å². The summed E-state index contributed by atoms with van der Waals surface area (Å²) in [5.41, 5.74) is 7.50. The van der Waals surface area contributed by atoms with E-state index in [-0.39, 0.29) is 5.91 Å². The van der Waals surface area contributed by atoms with Crippen LogP contribution in [0.2, 0.25) is 0 Å². The Kier molecular flexibility index (Phi) is 3.11. The lowest BCUT2D eigenvalue weighted by atomic mass is 10.0. The van der Waals surface area contributed by atoms with E-state index in [4.69, 9.17) is 5.73 Å². The van der Waals surface area contributed by atoms with Gasteiger partial charge in [0.25, 0.3) is 5.91 Å². The molecule has 0 saturated heterocycles. The van der Waals surface area contributed by atoms with Crippen LogP contribution in [0, 0.1) is 0 Å². The summed E-state index contributed by atoms with van der Waals surface area (Å²) in [4.78, 5) is 13.4. The molecule has 0 radical (unpaired) electrons. The highest BCUT2D eigenvalue weighted by molar-refractivity contribution is 5.99. The molecule has 2 aromatic rings. The third kappa shape index (κ3) is 2.15. The summed E-state index contributed by atoms with van der Waals surface area (Å²) in [6.07, 6.45) is 0. The van der Waals surface area contributed by atoms with Gasteiger partial charge < -0.3 is 10.6 Å². The minimum absolute atomic E-state index is 0.0186. The largest absolute Gasteiger partial charge is 0.345 e. The number of amides is 1. The van der Waals surface area contributed by atoms with Crippen molar-refractivity contribution in [2.45, 2.75) is 6.54 Å². The highest BCUT2D eigenvalue weighted by Crippen LogP contribution is 2.20. The third-order valence-corrected chi connectivity index (χ3v) is 2.84. The Morgan fingerprint density at radius 1 is 1.24 bits per heavy atom. The molecule has 0 fully saturated rings. The van der Waals surface area contributed by atoms with E-state index in [9.17, 15) is 4.79 Å². The molecular weight excluding hydrogens is 212 g/mol. The molecule has 2 aromatic carbocycles. The molecule has 2 rings (SSSR count). The Bertz CT molecular complexity index is 561. The van der Waals surface area contributed by atoms with Gasteiger partial charge in [-0.2, -0.15) is 0 Å². The second kappa shape index (κ2) is 4.55. The van der Waals surface area contributed by atoms with Gasteiger partial charge >= 0.3 is 0 Å². The van der Waals surface area contributed by atoms with Crippen LogP contribution in [0.25, 0.3) is 10.8 Å². The maximum Gasteiger partial charge on any atom is 0.253 e. The van der Waals surface area contributed by atoms with Gasteiger partial charge in [0.15, 0.2) is 0 Å². The Hall–Kier alpha value is -1.87. The van der Waals surface area contributed by atoms with Crippen LogP contribution in [0.15, 0.2) is 36.4 Å². The van der Waals surface area contributed by atoms with Crippen molar-refractivity contribution in [3.05, 3.63) is 47.5 Å². The number of hydrogen-bond donors (Lipinski definition) is 1. The minimum Gasteiger partial charge on any atom is -0.345 e. The molecule has 2 N–H and O–H groups in total. The van der Waals surface area contributed by atoms with Crippen LogP contribution in [0.5, 0.6) is 0 Å². The predicted molar refractivity (Wildman–Crippen MR) is 69.9 cm³/mol. The highest BCUT2D eigenvalue weighted by atomic mass is 16.2. The lowest BCUT2D eigenvalue weighted by molar-refractivity contribution is 0.0828. The first-order valence-electron chi connectivity index (χ1n) is 5.57. The van der Waals surface area contributed by atoms with Gasteiger partial charge in [-0.15, -0.1) is 0 Å². The van der Waals surface area contributed by atoms with Crippen LogP contribution < -0.4 is 5.73 Å². The fourth-order valence-corrected chi connectivity index (χ4v) is 1.92. The molecule has 0 aromatic heterocycles. The molecule has 1 amide bonds. The molecule has 0 atom stereocenters. The van der Waals surface area contributed by atoms with Gasteiger partial charge in [-0.25, -0.2) is 0 Å². The zero-order valence-electron chi connectivity index (χ0n) is 10.1. The standard InChI is InChI=1S/C14H16N2O/c1-16(2)14(17)11-6-7-13-10(8-11)4-3-5-12(13)9-15/h3-8H,9,15H2,1-2H3. The molecule has 0 heterocycles. The summed E-state index contributed by atoms with van der Waals surface area (Å²) in [5.74, 6) is 0.0186. The molecule has 3 nitrogen and oxygen atoms in total. The Labute approximate surface area is 101 Å². The van der Waals surface area contributed by atoms with Crippen LogP contribution >= 0.6 is 0 Å². The number of benzene rings is 2. The van der Waals surface area contributed by atoms with Crippen molar-refractivity contribution in [2.24, 2.45) is 5.73 Å². The maximum absolute atomic E-state index is 11.8. The van der Waals surface area contributed by atoms with E-state index in [1.807, 2.05) is 36.4 Å². The molecule has 0 aliphatic heterocycles. The maximum atomic E-state index is 11.8. The average Bonchev–Trinajstić information content (AvgIpc) is 2.36. The van der Waals surface area contributed by atoms with E-state index in [0.29, 0.717) is 12.1 Å². The molecule has 0 unspecified atom stereocenters. The van der Waals surface area contributed by atoms with Crippen LogP contribution in [0.1, 0.15) is 15.9 Å². The van der Waals surface area contributed by atoms with Crippen molar-refractivity contribution in [2.75, 3.05) is 14.1 Å². The van der Waals surface area contributed by atoms with E-state index in [0.717, 1.165) is 16.3 Å². The SMILES string of the molecule is CN(C)C(=O)c1ccc2c(CN)cccc2c1. The lowest BCUT2D eigenvalue weighted by Crippen LogP contribution is -2.21. The molecule has 0 aliphatic carbocycles. The average molecular weight is 228 g/mol.